The van der Waals surface area contributed by atoms with Gasteiger partial charge in [0.2, 0.25) is 5.91 Å². The van der Waals surface area contributed by atoms with Crippen LogP contribution in [0.2, 0.25) is 5.02 Å². The van der Waals surface area contributed by atoms with Crippen molar-refractivity contribution in [1.82, 2.24) is 10.6 Å². The first kappa shape index (κ1) is 16.9. The lowest BCUT2D eigenvalue weighted by Crippen LogP contribution is -2.31. The molecule has 2 amide bonds. The van der Waals surface area contributed by atoms with E-state index in [4.69, 9.17) is 11.6 Å². The van der Waals surface area contributed by atoms with Gasteiger partial charge in [0.1, 0.15) is 0 Å². The Kier molecular flexibility index (Phi) is 6.61. The second-order valence-corrected chi connectivity index (χ2v) is 4.68. The molecule has 0 unspecified atom stereocenters. The van der Waals surface area contributed by atoms with E-state index in [-0.39, 0.29) is 35.1 Å². The lowest BCUT2D eigenvalue weighted by Gasteiger charge is -2.07. The molecule has 7 nitrogen and oxygen atoms in total. The smallest absolute Gasteiger partial charge is 0.270 e. The third-order valence-corrected chi connectivity index (χ3v) is 2.93. The molecule has 114 valence electrons. The summed E-state index contributed by atoms with van der Waals surface area (Å²) in [5.41, 5.74) is -0.0493. The molecule has 0 aromatic heterocycles. The summed E-state index contributed by atoms with van der Waals surface area (Å²) in [7, 11) is 0. The fourth-order valence-corrected chi connectivity index (χ4v) is 1.80. The Balaban J connectivity index is 2.53. The lowest BCUT2D eigenvalue weighted by atomic mass is 10.2. The van der Waals surface area contributed by atoms with Gasteiger partial charge in [-0.2, -0.15) is 0 Å². The number of nitro groups is 1. The third kappa shape index (κ3) is 5.39. The fourth-order valence-electron chi connectivity index (χ4n) is 1.54. The molecule has 1 aromatic carbocycles. The molecule has 0 atom stereocenters. The molecule has 0 spiro atoms. The highest BCUT2D eigenvalue weighted by Crippen LogP contribution is 2.22. The number of hydrogen-bond donors (Lipinski definition) is 2. The van der Waals surface area contributed by atoms with Crippen LogP contribution in [0.5, 0.6) is 0 Å². The number of carbonyl (C=O) groups is 2. The predicted molar refractivity (Wildman–Crippen MR) is 78.4 cm³/mol. The van der Waals surface area contributed by atoms with Crippen LogP contribution in [0.4, 0.5) is 5.69 Å². The Bertz CT molecular complexity index is 548. The molecular formula is C13H16ClN3O4. The Morgan fingerprint density at radius 3 is 2.57 bits per heavy atom. The largest absolute Gasteiger partial charge is 0.356 e. The molecule has 0 aliphatic heterocycles. The zero-order chi connectivity index (χ0) is 15.8. The number of nitrogens with zero attached hydrogens (tertiary/aromatic N) is 1. The van der Waals surface area contributed by atoms with Gasteiger partial charge in [-0.15, -0.1) is 0 Å². The molecule has 0 saturated heterocycles. The number of carbonyl (C=O) groups excluding carboxylic acids is 2. The first-order chi connectivity index (χ1) is 9.95. The van der Waals surface area contributed by atoms with Crippen molar-refractivity contribution in [3.05, 3.63) is 38.9 Å². The van der Waals surface area contributed by atoms with Crippen LogP contribution in [0.25, 0.3) is 0 Å². The Hall–Kier alpha value is -2.15. The summed E-state index contributed by atoms with van der Waals surface area (Å²) < 4.78 is 0. The lowest BCUT2D eigenvalue weighted by molar-refractivity contribution is -0.384. The van der Waals surface area contributed by atoms with Crippen LogP contribution in [-0.4, -0.2) is 29.8 Å². The van der Waals surface area contributed by atoms with E-state index in [9.17, 15) is 19.7 Å². The number of rotatable bonds is 7. The SMILES string of the molecule is CCCNC(=O)CCNC(=O)c1ccc([N+](=O)[O-])cc1Cl. The number of benzene rings is 1. The molecular weight excluding hydrogens is 298 g/mol. The quantitative estimate of drug-likeness (QED) is 0.593. The van der Waals surface area contributed by atoms with E-state index in [1.807, 2.05) is 6.92 Å². The van der Waals surface area contributed by atoms with E-state index in [1.54, 1.807) is 0 Å². The number of amides is 2. The molecule has 0 radical (unpaired) electrons. The van der Waals surface area contributed by atoms with Crippen molar-refractivity contribution in [2.75, 3.05) is 13.1 Å². The van der Waals surface area contributed by atoms with Crippen LogP contribution in [0.3, 0.4) is 0 Å². The van der Waals surface area contributed by atoms with Crippen molar-refractivity contribution in [3.8, 4) is 0 Å². The molecule has 0 heterocycles. The third-order valence-electron chi connectivity index (χ3n) is 2.62. The van der Waals surface area contributed by atoms with Crippen molar-refractivity contribution >= 4 is 29.1 Å². The average Bonchev–Trinajstić information content (AvgIpc) is 2.44. The normalized spacial score (nSPS) is 10.0. The van der Waals surface area contributed by atoms with Crippen molar-refractivity contribution in [1.29, 1.82) is 0 Å². The van der Waals surface area contributed by atoms with Crippen LogP contribution in [0, 0.1) is 10.1 Å². The minimum atomic E-state index is -0.592. The molecule has 0 aliphatic carbocycles. The van der Waals surface area contributed by atoms with Gasteiger partial charge in [-0.05, 0) is 12.5 Å². The van der Waals surface area contributed by atoms with Gasteiger partial charge in [0, 0.05) is 31.6 Å². The number of hydrogen-bond acceptors (Lipinski definition) is 4. The summed E-state index contributed by atoms with van der Waals surface area (Å²) in [6.07, 6.45) is 1.01. The van der Waals surface area contributed by atoms with E-state index in [0.717, 1.165) is 12.5 Å². The summed E-state index contributed by atoms with van der Waals surface area (Å²) in [4.78, 5) is 33.2. The first-order valence-electron chi connectivity index (χ1n) is 6.44. The molecule has 0 fully saturated rings. The summed E-state index contributed by atoms with van der Waals surface area (Å²) in [6, 6.07) is 3.60. The van der Waals surface area contributed by atoms with Crippen LogP contribution in [0.1, 0.15) is 30.1 Å². The highest BCUT2D eigenvalue weighted by molar-refractivity contribution is 6.34. The Morgan fingerprint density at radius 2 is 2.00 bits per heavy atom. The predicted octanol–water partition coefficient (Wildman–Crippen LogP) is 1.89. The van der Waals surface area contributed by atoms with Crippen LogP contribution in [0.15, 0.2) is 18.2 Å². The van der Waals surface area contributed by atoms with Gasteiger partial charge in [-0.25, -0.2) is 0 Å². The monoisotopic (exact) mass is 313 g/mol. The van der Waals surface area contributed by atoms with E-state index >= 15 is 0 Å². The maximum Gasteiger partial charge on any atom is 0.270 e. The van der Waals surface area contributed by atoms with Crippen molar-refractivity contribution in [2.45, 2.75) is 19.8 Å². The zero-order valence-corrected chi connectivity index (χ0v) is 12.3. The van der Waals surface area contributed by atoms with Gasteiger partial charge in [0.25, 0.3) is 11.6 Å². The van der Waals surface area contributed by atoms with E-state index in [1.165, 1.54) is 12.1 Å². The number of non-ortho nitro benzene ring substituents is 1. The molecule has 21 heavy (non-hydrogen) atoms. The summed E-state index contributed by atoms with van der Waals surface area (Å²) >= 11 is 5.83. The van der Waals surface area contributed by atoms with E-state index in [2.05, 4.69) is 10.6 Å². The van der Waals surface area contributed by atoms with Crippen LogP contribution >= 0.6 is 11.6 Å². The topological polar surface area (TPSA) is 101 Å². The van der Waals surface area contributed by atoms with Crippen LogP contribution in [-0.2, 0) is 4.79 Å². The molecule has 1 aromatic rings. The number of nitro benzene ring substituents is 1. The van der Waals surface area contributed by atoms with Gasteiger partial charge < -0.3 is 10.6 Å². The first-order valence-corrected chi connectivity index (χ1v) is 6.82. The van der Waals surface area contributed by atoms with Gasteiger partial charge in [-0.1, -0.05) is 18.5 Å². The molecule has 8 heteroatoms. The van der Waals surface area contributed by atoms with Gasteiger partial charge >= 0.3 is 0 Å². The van der Waals surface area contributed by atoms with E-state index in [0.29, 0.717) is 6.54 Å². The summed E-state index contributed by atoms with van der Waals surface area (Å²) in [5, 5.41) is 15.8. The van der Waals surface area contributed by atoms with Gasteiger partial charge in [-0.3, -0.25) is 19.7 Å². The van der Waals surface area contributed by atoms with Crippen molar-refractivity contribution in [3.63, 3.8) is 0 Å². The highest BCUT2D eigenvalue weighted by Gasteiger charge is 2.14. The summed E-state index contributed by atoms with van der Waals surface area (Å²) in [6.45, 7) is 2.71. The zero-order valence-electron chi connectivity index (χ0n) is 11.5. The second-order valence-electron chi connectivity index (χ2n) is 4.28. The van der Waals surface area contributed by atoms with Gasteiger partial charge in [0.05, 0.1) is 15.5 Å². The molecule has 0 saturated carbocycles. The molecule has 1 rings (SSSR count). The van der Waals surface area contributed by atoms with E-state index < -0.39 is 10.8 Å². The maximum absolute atomic E-state index is 11.8. The second kappa shape index (κ2) is 8.21. The van der Waals surface area contributed by atoms with Crippen molar-refractivity contribution in [2.24, 2.45) is 0 Å². The highest BCUT2D eigenvalue weighted by atomic mass is 35.5. The fraction of sp³-hybridized carbons (Fsp3) is 0.385. The minimum Gasteiger partial charge on any atom is -0.356 e. The standard InChI is InChI=1S/C13H16ClN3O4/c1-2-6-15-12(18)5-7-16-13(19)10-4-3-9(17(20)21)8-11(10)14/h3-4,8H,2,5-7H2,1H3,(H,15,18)(H,16,19). The minimum absolute atomic E-state index is 0.00265. The average molecular weight is 314 g/mol. The molecule has 2 N–H and O–H groups in total. The molecule has 0 aliphatic rings. The van der Waals surface area contributed by atoms with Crippen molar-refractivity contribution < 1.29 is 14.5 Å². The Morgan fingerprint density at radius 1 is 1.29 bits per heavy atom. The Labute approximate surface area is 126 Å². The maximum atomic E-state index is 11.8. The van der Waals surface area contributed by atoms with Crippen LogP contribution < -0.4 is 10.6 Å². The molecule has 0 bridgehead atoms. The number of nitrogens with one attached hydrogen (secondary N) is 2. The number of halogens is 1. The van der Waals surface area contributed by atoms with Gasteiger partial charge in [0.15, 0.2) is 0 Å². The summed E-state index contributed by atoms with van der Waals surface area (Å²) in [5.74, 6) is -0.620.